The van der Waals surface area contributed by atoms with Gasteiger partial charge in [-0.05, 0) is 6.07 Å². The third-order valence-electron chi connectivity index (χ3n) is 2.30. The number of hydrogen-bond acceptors (Lipinski definition) is 5. The lowest BCUT2D eigenvalue weighted by atomic mass is 10.2. The van der Waals surface area contributed by atoms with Crippen molar-refractivity contribution in [2.24, 2.45) is 0 Å². The molecule has 0 bridgehead atoms. The van der Waals surface area contributed by atoms with Crippen LogP contribution in [0.1, 0.15) is 16.8 Å². The van der Waals surface area contributed by atoms with E-state index in [2.05, 4.69) is 5.32 Å². The molecule has 0 fully saturated rings. The number of amides is 1. The topological polar surface area (TPSA) is 88.4 Å². The molecule has 0 aliphatic carbocycles. The lowest BCUT2D eigenvalue weighted by Crippen LogP contribution is -2.29. The molecular weight excluding hydrogens is 284 g/mol. The maximum atomic E-state index is 11.5. The average molecular weight is 297 g/mol. The van der Waals surface area contributed by atoms with Gasteiger partial charge < -0.3 is 14.8 Å². The molecule has 7 heteroatoms. The zero-order valence-corrected chi connectivity index (χ0v) is 11.6. The van der Waals surface area contributed by atoms with Crippen LogP contribution < -0.4 is 14.8 Å². The fourth-order valence-corrected chi connectivity index (χ4v) is 1.65. The summed E-state index contributed by atoms with van der Waals surface area (Å²) in [4.78, 5) is 22.4. The van der Waals surface area contributed by atoms with Crippen LogP contribution in [0, 0.1) is 11.3 Å². The Labute approximate surface area is 121 Å². The van der Waals surface area contributed by atoms with E-state index in [0.29, 0.717) is 11.3 Å². The van der Waals surface area contributed by atoms with Gasteiger partial charge in [0.2, 0.25) is 0 Å². The quantitative estimate of drug-likeness (QED) is 0.609. The lowest BCUT2D eigenvalue weighted by Gasteiger charge is -2.13. The number of rotatable bonds is 7. The van der Waals surface area contributed by atoms with Gasteiger partial charge in [0, 0.05) is 17.6 Å². The number of carbonyl (C=O) groups excluding carboxylic acids is 2. The number of nitrogens with one attached hydrogen (secondary N) is 1. The average Bonchev–Trinajstić information content (AvgIpc) is 2.45. The van der Waals surface area contributed by atoms with Gasteiger partial charge in [0.05, 0.1) is 25.2 Å². The number of hydrogen-bond donors (Lipinski definition) is 1. The van der Waals surface area contributed by atoms with Crippen molar-refractivity contribution in [2.75, 3.05) is 20.3 Å². The Morgan fingerprint density at radius 2 is 2.30 bits per heavy atom. The molecule has 0 radical (unpaired) electrons. The van der Waals surface area contributed by atoms with Crippen LogP contribution in [0.3, 0.4) is 0 Å². The second-order valence-electron chi connectivity index (χ2n) is 3.69. The molecule has 0 aromatic heterocycles. The van der Waals surface area contributed by atoms with E-state index in [1.165, 1.54) is 19.2 Å². The first-order chi connectivity index (χ1) is 9.62. The van der Waals surface area contributed by atoms with E-state index < -0.39 is 5.91 Å². The Kier molecular flexibility index (Phi) is 6.33. The molecule has 0 aliphatic heterocycles. The Balaban J connectivity index is 2.74. The predicted octanol–water partition coefficient (Wildman–Crippen LogP) is 1.57. The summed E-state index contributed by atoms with van der Waals surface area (Å²) in [5.74, 6) is 0.0286. The zero-order chi connectivity index (χ0) is 15.0. The molecule has 6 nitrogen and oxygen atoms in total. The zero-order valence-electron chi connectivity index (χ0n) is 10.8. The summed E-state index contributed by atoms with van der Waals surface area (Å²) in [7, 11) is 1.40. The van der Waals surface area contributed by atoms with Gasteiger partial charge in [-0.1, -0.05) is 11.6 Å². The summed E-state index contributed by atoms with van der Waals surface area (Å²) in [5, 5.41) is 11.2. The maximum absolute atomic E-state index is 11.5. The molecule has 1 amide bonds. The van der Waals surface area contributed by atoms with Gasteiger partial charge in [-0.2, -0.15) is 5.26 Å². The number of ether oxygens (including phenoxy) is 2. The van der Waals surface area contributed by atoms with Crippen molar-refractivity contribution >= 4 is 23.8 Å². The summed E-state index contributed by atoms with van der Waals surface area (Å²) >= 11 is 5.82. The van der Waals surface area contributed by atoms with E-state index in [1.807, 2.05) is 6.07 Å². The molecule has 20 heavy (non-hydrogen) atoms. The van der Waals surface area contributed by atoms with Crippen molar-refractivity contribution in [1.29, 1.82) is 5.26 Å². The second-order valence-corrected chi connectivity index (χ2v) is 4.13. The summed E-state index contributed by atoms with van der Waals surface area (Å²) < 4.78 is 10.3. The van der Waals surface area contributed by atoms with Crippen LogP contribution in [-0.2, 0) is 4.79 Å². The number of halogens is 1. The third kappa shape index (κ3) is 4.44. The van der Waals surface area contributed by atoms with Gasteiger partial charge in [0.25, 0.3) is 5.91 Å². The molecule has 0 unspecified atom stereocenters. The molecule has 0 saturated heterocycles. The number of carbonyl (C=O) groups is 2. The minimum Gasteiger partial charge on any atom is -0.493 e. The van der Waals surface area contributed by atoms with Crippen LogP contribution in [0.5, 0.6) is 11.5 Å². The molecule has 1 aromatic rings. The Hall–Kier alpha value is -2.26. The van der Waals surface area contributed by atoms with Gasteiger partial charge >= 0.3 is 0 Å². The number of nitrogens with zero attached hydrogens (tertiary/aromatic N) is 1. The van der Waals surface area contributed by atoms with E-state index in [0.717, 1.165) is 0 Å². The fraction of sp³-hybridized carbons (Fsp3) is 0.308. The summed E-state index contributed by atoms with van der Waals surface area (Å²) in [6.45, 7) is -0.0404. The van der Waals surface area contributed by atoms with E-state index in [1.54, 1.807) is 0 Å². The van der Waals surface area contributed by atoms with Crippen LogP contribution in [0.4, 0.5) is 0 Å². The highest BCUT2D eigenvalue weighted by atomic mass is 35.5. The molecule has 1 rings (SSSR count). The fourth-order valence-electron chi connectivity index (χ4n) is 1.43. The third-order valence-corrected chi connectivity index (χ3v) is 2.52. The van der Waals surface area contributed by atoms with E-state index in [9.17, 15) is 9.59 Å². The van der Waals surface area contributed by atoms with Crippen LogP contribution in [0.25, 0.3) is 0 Å². The monoisotopic (exact) mass is 296 g/mol. The smallest absolute Gasteiger partial charge is 0.257 e. The minimum absolute atomic E-state index is 0.155. The van der Waals surface area contributed by atoms with Gasteiger partial charge in [-0.3, -0.25) is 9.59 Å². The maximum Gasteiger partial charge on any atom is 0.257 e. The van der Waals surface area contributed by atoms with E-state index in [4.69, 9.17) is 26.3 Å². The first-order valence-electron chi connectivity index (χ1n) is 5.71. The summed E-state index contributed by atoms with van der Waals surface area (Å²) in [6, 6.07) is 4.80. The van der Waals surface area contributed by atoms with Crippen LogP contribution in [-0.4, -0.2) is 32.5 Å². The standard InChI is InChI=1S/C13H13ClN2O4/c1-19-11-6-10(14)5-9(7-17)13(11)20-8-12(18)16-4-2-3-15/h5-7H,2,4,8H2,1H3,(H,16,18). The van der Waals surface area contributed by atoms with Crippen molar-refractivity contribution in [1.82, 2.24) is 5.32 Å². The van der Waals surface area contributed by atoms with Crippen molar-refractivity contribution in [3.63, 3.8) is 0 Å². The molecular formula is C13H13ClN2O4. The van der Waals surface area contributed by atoms with Crippen molar-refractivity contribution in [3.8, 4) is 17.6 Å². The van der Waals surface area contributed by atoms with Gasteiger partial charge in [-0.25, -0.2) is 0 Å². The SMILES string of the molecule is COc1cc(Cl)cc(C=O)c1OCC(=O)NCCC#N. The highest BCUT2D eigenvalue weighted by molar-refractivity contribution is 6.31. The minimum atomic E-state index is -0.394. The number of aldehydes is 1. The van der Waals surface area contributed by atoms with Crippen LogP contribution in [0.15, 0.2) is 12.1 Å². The Morgan fingerprint density at radius 3 is 2.90 bits per heavy atom. The summed E-state index contributed by atoms with van der Waals surface area (Å²) in [5.41, 5.74) is 0.194. The van der Waals surface area contributed by atoms with Gasteiger partial charge in [-0.15, -0.1) is 0 Å². The molecule has 1 N–H and O–H groups in total. The number of benzene rings is 1. The first-order valence-corrected chi connectivity index (χ1v) is 6.09. The van der Waals surface area contributed by atoms with Crippen molar-refractivity contribution in [3.05, 3.63) is 22.7 Å². The lowest BCUT2D eigenvalue weighted by molar-refractivity contribution is -0.123. The van der Waals surface area contributed by atoms with Crippen LogP contribution in [0.2, 0.25) is 5.02 Å². The van der Waals surface area contributed by atoms with Crippen molar-refractivity contribution in [2.45, 2.75) is 6.42 Å². The molecule has 0 heterocycles. The van der Waals surface area contributed by atoms with Crippen molar-refractivity contribution < 1.29 is 19.1 Å². The number of methoxy groups -OCH3 is 1. The molecule has 0 saturated carbocycles. The van der Waals surface area contributed by atoms with E-state index in [-0.39, 0.29) is 36.6 Å². The largest absolute Gasteiger partial charge is 0.493 e. The molecule has 1 aromatic carbocycles. The predicted molar refractivity (Wildman–Crippen MR) is 72.1 cm³/mol. The Bertz CT molecular complexity index is 540. The van der Waals surface area contributed by atoms with Gasteiger partial charge in [0.1, 0.15) is 0 Å². The first kappa shape index (κ1) is 15.8. The molecule has 106 valence electrons. The summed E-state index contributed by atoms with van der Waals surface area (Å²) in [6.07, 6.45) is 0.785. The Morgan fingerprint density at radius 1 is 1.55 bits per heavy atom. The normalized spacial score (nSPS) is 9.45. The molecule has 0 atom stereocenters. The van der Waals surface area contributed by atoms with Gasteiger partial charge in [0.15, 0.2) is 24.4 Å². The molecule has 0 spiro atoms. The number of nitriles is 1. The second kappa shape index (κ2) is 8.02. The van der Waals surface area contributed by atoms with Crippen LogP contribution >= 0.6 is 11.6 Å². The highest BCUT2D eigenvalue weighted by Crippen LogP contribution is 2.33. The van der Waals surface area contributed by atoms with E-state index >= 15 is 0 Å². The molecule has 0 aliphatic rings. The highest BCUT2D eigenvalue weighted by Gasteiger charge is 2.14.